The molecule has 0 bridgehead atoms. The minimum Gasteiger partial charge on any atom is -0.493 e. The molecule has 0 unspecified atom stereocenters. The predicted octanol–water partition coefficient (Wildman–Crippen LogP) is 4.08. The fraction of sp³-hybridized carbons (Fsp3) is 0.188. The number of nitro groups is 1. The first kappa shape index (κ1) is 19.0. The molecule has 2 aromatic carbocycles. The third-order valence-corrected chi connectivity index (χ3v) is 3.32. The Morgan fingerprint density at radius 2 is 1.81 bits per heavy atom. The van der Waals surface area contributed by atoms with Crippen molar-refractivity contribution in [3.8, 4) is 11.5 Å². The number of halogens is 3. The van der Waals surface area contributed by atoms with E-state index in [0.717, 1.165) is 18.3 Å². The lowest BCUT2D eigenvalue weighted by atomic mass is 10.1. The number of nitrogens with zero attached hydrogens (tertiary/aromatic N) is 2. The number of rotatable bonds is 6. The van der Waals surface area contributed by atoms with Crippen LogP contribution in [0, 0.1) is 10.1 Å². The van der Waals surface area contributed by atoms with Gasteiger partial charge in [0.05, 0.1) is 48.2 Å². The van der Waals surface area contributed by atoms with Crippen molar-refractivity contribution in [2.45, 2.75) is 6.18 Å². The Labute approximate surface area is 146 Å². The number of alkyl halides is 3. The molecule has 0 aliphatic heterocycles. The molecule has 10 heteroatoms. The number of hydrazone groups is 1. The number of nitro benzene ring substituents is 1. The maximum Gasteiger partial charge on any atom is 0.416 e. The Morgan fingerprint density at radius 3 is 2.38 bits per heavy atom. The molecule has 0 aliphatic rings. The van der Waals surface area contributed by atoms with Gasteiger partial charge in [0, 0.05) is 0 Å². The Bertz CT molecular complexity index is 838. The molecule has 0 radical (unpaired) electrons. The van der Waals surface area contributed by atoms with Gasteiger partial charge in [-0.15, -0.1) is 0 Å². The quantitative estimate of drug-likeness (QED) is 0.471. The summed E-state index contributed by atoms with van der Waals surface area (Å²) >= 11 is 0. The zero-order valence-electron chi connectivity index (χ0n) is 13.7. The van der Waals surface area contributed by atoms with Crippen molar-refractivity contribution in [1.82, 2.24) is 0 Å². The summed E-state index contributed by atoms with van der Waals surface area (Å²) in [4.78, 5) is 10.5. The van der Waals surface area contributed by atoms with E-state index in [1.54, 1.807) is 0 Å². The van der Waals surface area contributed by atoms with Crippen LogP contribution in [0.1, 0.15) is 11.1 Å². The van der Waals surface area contributed by atoms with Crippen LogP contribution < -0.4 is 14.9 Å². The molecule has 2 rings (SSSR count). The summed E-state index contributed by atoms with van der Waals surface area (Å²) in [7, 11) is 2.70. The number of hydrogen-bond acceptors (Lipinski definition) is 6. The Balaban J connectivity index is 2.29. The van der Waals surface area contributed by atoms with Gasteiger partial charge in [-0.25, -0.2) is 0 Å². The fourth-order valence-corrected chi connectivity index (χ4v) is 2.09. The molecule has 0 saturated heterocycles. The molecule has 1 N–H and O–H groups in total. The summed E-state index contributed by atoms with van der Waals surface area (Å²) < 4.78 is 48.1. The number of hydrogen-bond donors (Lipinski definition) is 1. The van der Waals surface area contributed by atoms with Gasteiger partial charge in [0.15, 0.2) is 11.5 Å². The van der Waals surface area contributed by atoms with Gasteiger partial charge < -0.3 is 9.47 Å². The normalized spacial score (nSPS) is 11.4. The van der Waals surface area contributed by atoms with Crippen LogP contribution in [-0.2, 0) is 6.18 Å². The van der Waals surface area contributed by atoms with E-state index in [1.807, 2.05) is 0 Å². The van der Waals surface area contributed by atoms with Crippen LogP contribution in [0.5, 0.6) is 11.5 Å². The van der Waals surface area contributed by atoms with Crippen molar-refractivity contribution >= 4 is 17.6 Å². The SMILES string of the molecule is COc1cc(C=NNc2cccc(C(F)(F)F)c2)c([N+](=O)[O-])cc1OC. The van der Waals surface area contributed by atoms with Crippen molar-refractivity contribution < 1.29 is 27.6 Å². The Hall–Kier alpha value is -3.30. The summed E-state index contributed by atoms with van der Waals surface area (Å²) in [5, 5.41) is 14.9. The number of methoxy groups -OCH3 is 2. The van der Waals surface area contributed by atoms with Crippen LogP contribution in [0.25, 0.3) is 0 Å². The highest BCUT2D eigenvalue weighted by Gasteiger charge is 2.30. The molecule has 0 aromatic heterocycles. The summed E-state index contributed by atoms with van der Waals surface area (Å²) in [6, 6.07) is 6.92. The van der Waals surface area contributed by atoms with Gasteiger partial charge in [0.25, 0.3) is 5.69 Å². The lowest BCUT2D eigenvalue weighted by Gasteiger charge is -2.09. The molecular formula is C16H14F3N3O4. The lowest BCUT2D eigenvalue weighted by Crippen LogP contribution is -2.05. The van der Waals surface area contributed by atoms with E-state index in [0.29, 0.717) is 0 Å². The third kappa shape index (κ3) is 4.41. The van der Waals surface area contributed by atoms with Crippen molar-refractivity contribution in [3.05, 3.63) is 57.6 Å². The highest BCUT2D eigenvalue weighted by molar-refractivity contribution is 5.87. The van der Waals surface area contributed by atoms with Gasteiger partial charge in [-0.1, -0.05) is 6.07 Å². The van der Waals surface area contributed by atoms with E-state index in [-0.39, 0.29) is 28.4 Å². The van der Waals surface area contributed by atoms with E-state index >= 15 is 0 Å². The van der Waals surface area contributed by atoms with Crippen LogP contribution in [0.15, 0.2) is 41.5 Å². The van der Waals surface area contributed by atoms with E-state index in [1.165, 1.54) is 38.5 Å². The smallest absolute Gasteiger partial charge is 0.416 e. The number of benzene rings is 2. The summed E-state index contributed by atoms with van der Waals surface area (Å²) in [6.07, 6.45) is -3.37. The zero-order chi connectivity index (χ0) is 19.3. The molecule has 0 spiro atoms. The lowest BCUT2D eigenvalue weighted by molar-refractivity contribution is -0.385. The maximum absolute atomic E-state index is 12.7. The molecule has 0 fully saturated rings. The van der Waals surface area contributed by atoms with Gasteiger partial charge >= 0.3 is 6.18 Å². The highest BCUT2D eigenvalue weighted by atomic mass is 19.4. The second-order valence-electron chi connectivity index (χ2n) is 4.97. The third-order valence-electron chi connectivity index (χ3n) is 3.32. The van der Waals surface area contributed by atoms with Gasteiger partial charge in [0.2, 0.25) is 0 Å². The average Bonchev–Trinajstić information content (AvgIpc) is 2.60. The number of anilines is 1. The maximum atomic E-state index is 12.7. The van der Waals surface area contributed by atoms with Crippen LogP contribution in [0.4, 0.5) is 24.5 Å². The van der Waals surface area contributed by atoms with Gasteiger partial charge in [0.1, 0.15) is 0 Å². The van der Waals surface area contributed by atoms with Gasteiger partial charge in [-0.2, -0.15) is 18.3 Å². The largest absolute Gasteiger partial charge is 0.493 e. The molecule has 2 aromatic rings. The number of ether oxygens (including phenoxy) is 2. The van der Waals surface area contributed by atoms with Crippen molar-refractivity contribution in [2.75, 3.05) is 19.6 Å². The Morgan fingerprint density at radius 1 is 1.15 bits per heavy atom. The molecule has 26 heavy (non-hydrogen) atoms. The van der Waals surface area contributed by atoms with E-state index in [4.69, 9.17) is 9.47 Å². The fourth-order valence-electron chi connectivity index (χ4n) is 2.09. The minimum atomic E-state index is -4.48. The van der Waals surface area contributed by atoms with Gasteiger partial charge in [-0.3, -0.25) is 15.5 Å². The number of nitrogens with one attached hydrogen (secondary N) is 1. The molecule has 7 nitrogen and oxygen atoms in total. The topological polar surface area (TPSA) is 86.0 Å². The average molecular weight is 369 g/mol. The van der Waals surface area contributed by atoms with Crippen LogP contribution in [-0.4, -0.2) is 25.4 Å². The Kier molecular flexibility index (Phi) is 5.65. The molecule has 0 saturated carbocycles. The second kappa shape index (κ2) is 7.72. The first-order valence-electron chi connectivity index (χ1n) is 7.13. The second-order valence-corrected chi connectivity index (χ2v) is 4.97. The molecule has 0 aliphatic carbocycles. The standard InChI is InChI=1S/C16H14F3N3O4/c1-25-14-6-10(13(22(23)24)8-15(14)26-2)9-20-21-12-5-3-4-11(7-12)16(17,18)19/h3-9,21H,1-2H3. The van der Waals surface area contributed by atoms with Crippen molar-refractivity contribution in [3.63, 3.8) is 0 Å². The molecule has 138 valence electrons. The van der Waals surface area contributed by atoms with Gasteiger partial charge in [-0.05, 0) is 24.3 Å². The minimum absolute atomic E-state index is 0.0826. The van der Waals surface area contributed by atoms with E-state index in [9.17, 15) is 23.3 Å². The molecule has 0 amide bonds. The van der Waals surface area contributed by atoms with Crippen molar-refractivity contribution in [1.29, 1.82) is 0 Å². The van der Waals surface area contributed by atoms with Crippen LogP contribution in [0.2, 0.25) is 0 Å². The molecule has 0 atom stereocenters. The van der Waals surface area contributed by atoms with Crippen LogP contribution >= 0.6 is 0 Å². The van der Waals surface area contributed by atoms with E-state index < -0.39 is 16.7 Å². The predicted molar refractivity (Wildman–Crippen MR) is 88.9 cm³/mol. The first-order chi connectivity index (χ1) is 12.3. The zero-order valence-corrected chi connectivity index (χ0v) is 13.7. The monoisotopic (exact) mass is 369 g/mol. The molecular weight excluding hydrogens is 355 g/mol. The molecule has 0 heterocycles. The highest BCUT2D eigenvalue weighted by Crippen LogP contribution is 2.34. The van der Waals surface area contributed by atoms with Crippen molar-refractivity contribution in [2.24, 2.45) is 5.10 Å². The summed E-state index contributed by atoms with van der Waals surface area (Å²) in [6.45, 7) is 0. The first-order valence-corrected chi connectivity index (χ1v) is 7.13. The summed E-state index contributed by atoms with van der Waals surface area (Å²) in [5.41, 5.74) is 1.45. The summed E-state index contributed by atoms with van der Waals surface area (Å²) in [5.74, 6) is 0.417. The van der Waals surface area contributed by atoms with E-state index in [2.05, 4.69) is 10.5 Å². The van der Waals surface area contributed by atoms with Crippen LogP contribution in [0.3, 0.4) is 0 Å².